The SMILES string of the molecule is CCCCC(COC(=O)/C=C/c1ccc(C(=O)OC2CCC(OCC(F)(F)F)CC2)cc1)c1cc(N)cc(N)c1. The molecule has 7 nitrogen and oxygen atoms in total. The molecular formula is C30H37F3N2O5. The molecule has 1 aliphatic rings. The number of nitrogen functional groups attached to an aromatic ring is 2. The molecular weight excluding hydrogens is 525 g/mol. The van der Waals surface area contributed by atoms with Gasteiger partial charge in [-0.1, -0.05) is 31.9 Å². The van der Waals surface area contributed by atoms with Crippen LogP contribution in [0.1, 0.15) is 79.3 Å². The molecule has 0 radical (unpaired) electrons. The Balaban J connectivity index is 1.46. The molecule has 2 aromatic carbocycles. The minimum atomic E-state index is -4.35. The number of nitrogens with two attached hydrogens (primary N) is 2. The first-order chi connectivity index (χ1) is 19.0. The number of anilines is 2. The van der Waals surface area contributed by atoms with Crippen molar-refractivity contribution in [2.75, 3.05) is 24.7 Å². The van der Waals surface area contributed by atoms with Crippen LogP contribution in [-0.2, 0) is 19.0 Å². The fourth-order valence-electron chi connectivity index (χ4n) is 4.61. The molecule has 0 spiro atoms. The molecule has 1 fully saturated rings. The Hall–Kier alpha value is -3.53. The van der Waals surface area contributed by atoms with Gasteiger partial charge in [0.15, 0.2) is 0 Å². The second-order valence-corrected chi connectivity index (χ2v) is 10.1. The molecule has 218 valence electrons. The number of hydrogen-bond donors (Lipinski definition) is 2. The van der Waals surface area contributed by atoms with Crippen molar-refractivity contribution < 1.29 is 37.0 Å². The lowest BCUT2D eigenvalue weighted by Gasteiger charge is -2.28. The van der Waals surface area contributed by atoms with E-state index in [4.69, 9.17) is 25.7 Å². The number of ether oxygens (including phenoxy) is 3. The standard InChI is InChI=1S/C30H37F3N2O5/c1-2-3-4-22(23-15-24(34)17-25(35)16-23)18-38-28(36)14-7-20-5-8-21(9-6-20)29(37)40-27-12-10-26(11-13-27)39-19-30(31,32)33/h5-9,14-17,22,26-27H,2-4,10-13,18-19,34-35H2,1H3/b14-7+. The van der Waals surface area contributed by atoms with Gasteiger partial charge in [0.05, 0.1) is 18.3 Å². The van der Waals surface area contributed by atoms with Crippen LogP contribution in [0.3, 0.4) is 0 Å². The van der Waals surface area contributed by atoms with Crippen molar-refractivity contribution in [2.24, 2.45) is 0 Å². The molecule has 1 unspecified atom stereocenters. The van der Waals surface area contributed by atoms with Gasteiger partial charge in [-0.15, -0.1) is 0 Å². The molecule has 0 aromatic heterocycles. The molecule has 2 aromatic rings. The molecule has 0 saturated heterocycles. The van der Waals surface area contributed by atoms with E-state index in [1.807, 2.05) is 12.1 Å². The van der Waals surface area contributed by atoms with Gasteiger partial charge in [-0.3, -0.25) is 0 Å². The molecule has 1 aliphatic carbocycles. The van der Waals surface area contributed by atoms with Gasteiger partial charge < -0.3 is 25.7 Å². The number of halogens is 3. The van der Waals surface area contributed by atoms with Gasteiger partial charge in [0, 0.05) is 23.4 Å². The number of alkyl halides is 3. The molecule has 3 rings (SSSR count). The van der Waals surface area contributed by atoms with Crippen LogP contribution in [0.4, 0.5) is 24.5 Å². The quantitative estimate of drug-likeness (QED) is 0.174. The summed E-state index contributed by atoms with van der Waals surface area (Å²) in [7, 11) is 0. The van der Waals surface area contributed by atoms with Crippen molar-refractivity contribution >= 4 is 29.4 Å². The second-order valence-electron chi connectivity index (χ2n) is 10.1. The highest BCUT2D eigenvalue weighted by molar-refractivity contribution is 5.90. The Bertz CT molecular complexity index is 1120. The van der Waals surface area contributed by atoms with E-state index in [0.717, 1.165) is 24.8 Å². The van der Waals surface area contributed by atoms with Crippen molar-refractivity contribution in [2.45, 2.75) is 76.2 Å². The van der Waals surface area contributed by atoms with Gasteiger partial charge in [-0.25, -0.2) is 9.59 Å². The fraction of sp³-hybridized carbons (Fsp3) is 0.467. The van der Waals surface area contributed by atoms with Gasteiger partial charge >= 0.3 is 18.1 Å². The van der Waals surface area contributed by atoms with E-state index in [9.17, 15) is 22.8 Å². The highest BCUT2D eigenvalue weighted by Crippen LogP contribution is 2.28. The maximum absolute atomic E-state index is 12.5. The van der Waals surface area contributed by atoms with Crippen LogP contribution in [0.15, 0.2) is 48.5 Å². The third kappa shape index (κ3) is 10.6. The van der Waals surface area contributed by atoms with Crippen LogP contribution in [0.2, 0.25) is 0 Å². The summed E-state index contributed by atoms with van der Waals surface area (Å²) in [5, 5.41) is 0. The Morgan fingerprint density at radius 3 is 2.23 bits per heavy atom. The zero-order valence-corrected chi connectivity index (χ0v) is 22.6. The van der Waals surface area contributed by atoms with Crippen molar-refractivity contribution in [3.63, 3.8) is 0 Å². The number of carbonyl (C=O) groups excluding carboxylic acids is 2. The fourth-order valence-corrected chi connectivity index (χ4v) is 4.61. The zero-order chi connectivity index (χ0) is 29.1. The number of carbonyl (C=O) groups is 2. The summed E-state index contributed by atoms with van der Waals surface area (Å²) in [6.07, 6.45) is 2.24. The van der Waals surface area contributed by atoms with E-state index >= 15 is 0 Å². The van der Waals surface area contributed by atoms with Crippen LogP contribution >= 0.6 is 0 Å². The summed E-state index contributed by atoms with van der Waals surface area (Å²) >= 11 is 0. The lowest BCUT2D eigenvalue weighted by Crippen LogP contribution is -2.30. The highest BCUT2D eigenvalue weighted by Gasteiger charge is 2.31. The van der Waals surface area contributed by atoms with Crippen LogP contribution < -0.4 is 11.5 Å². The number of esters is 2. The van der Waals surface area contributed by atoms with Gasteiger partial charge in [0.2, 0.25) is 0 Å². The molecule has 1 saturated carbocycles. The third-order valence-corrected chi connectivity index (χ3v) is 6.74. The Kier molecular flexibility index (Phi) is 11.4. The second kappa shape index (κ2) is 14.7. The maximum atomic E-state index is 12.5. The first-order valence-corrected chi connectivity index (χ1v) is 13.5. The lowest BCUT2D eigenvalue weighted by molar-refractivity contribution is -0.189. The molecule has 0 aliphatic heterocycles. The Morgan fingerprint density at radius 2 is 1.62 bits per heavy atom. The Labute approximate surface area is 232 Å². The van der Waals surface area contributed by atoms with Crippen molar-refractivity contribution in [3.05, 3.63) is 65.2 Å². The summed E-state index contributed by atoms with van der Waals surface area (Å²) < 4.78 is 52.9. The van der Waals surface area contributed by atoms with Gasteiger partial charge in [0.1, 0.15) is 12.7 Å². The monoisotopic (exact) mass is 562 g/mol. The summed E-state index contributed by atoms with van der Waals surface area (Å²) in [6, 6.07) is 11.9. The highest BCUT2D eigenvalue weighted by atomic mass is 19.4. The predicted molar refractivity (Wildman–Crippen MR) is 147 cm³/mol. The number of hydrogen-bond acceptors (Lipinski definition) is 7. The lowest BCUT2D eigenvalue weighted by atomic mass is 9.93. The third-order valence-electron chi connectivity index (χ3n) is 6.74. The predicted octanol–water partition coefficient (Wildman–Crippen LogP) is 6.43. The summed E-state index contributed by atoms with van der Waals surface area (Å²) in [5.74, 6) is -1.01. The number of rotatable bonds is 12. The zero-order valence-electron chi connectivity index (χ0n) is 22.6. The van der Waals surface area contributed by atoms with E-state index < -0.39 is 30.8 Å². The van der Waals surface area contributed by atoms with Gasteiger partial charge in [-0.05, 0) is 79.6 Å². The molecule has 4 N–H and O–H groups in total. The topological polar surface area (TPSA) is 114 Å². The minimum Gasteiger partial charge on any atom is -0.462 e. The van der Waals surface area contributed by atoms with Crippen LogP contribution in [0, 0.1) is 0 Å². The van der Waals surface area contributed by atoms with E-state index in [2.05, 4.69) is 6.92 Å². The van der Waals surface area contributed by atoms with Crippen molar-refractivity contribution in [1.82, 2.24) is 0 Å². The summed E-state index contributed by atoms with van der Waals surface area (Å²) in [5.41, 5.74) is 15.0. The smallest absolute Gasteiger partial charge is 0.411 e. The first kappa shape index (κ1) is 31.0. The van der Waals surface area contributed by atoms with Crippen LogP contribution in [0.5, 0.6) is 0 Å². The van der Waals surface area contributed by atoms with Crippen molar-refractivity contribution in [1.29, 1.82) is 0 Å². The number of unbranched alkanes of at least 4 members (excludes halogenated alkanes) is 1. The van der Waals surface area contributed by atoms with Crippen molar-refractivity contribution in [3.8, 4) is 0 Å². The summed E-state index contributed by atoms with van der Waals surface area (Å²) in [4.78, 5) is 24.9. The molecule has 0 amide bonds. The van der Waals surface area contributed by atoms with Crippen LogP contribution in [0.25, 0.3) is 6.08 Å². The molecule has 0 bridgehead atoms. The van der Waals surface area contributed by atoms with Gasteiger partial charge in [-0.2, -0.15) is 13.2 Å². The minimum absolute atomic E-state index is 0.0177. The van der Waals surface area contributed by atoms with E-state index in [0.29, 0.717) is 48.2 Å². The van der Waals surface area contributed by atoms with Crippen LogP contribution in [-0.4, -0.2) is 43.5 Å². The van der Waals surface area contributed by atoms with E-state index in [1.54, 1.807) is 36.4 Å². The normalized spacial score (nSPS) is 18.4. The molecule has 0 heterocycles. The molecule has 40 heavy (non-hydrogen) atoms. The average Bonchev–Trinajstić information content (AvgIpc) is 2.91. The first-order valence-electron chi connectivity index (χ1n) is 13.5. The van der Waals surface area contributed by atoms with E-state index in [1.165, 1.54) is 6.08 Å². The number of benzene rings is 2. The largest absolute Gasteiger partial charge is 0.462 e. The van der Waals surface area contributed by atoms with E-state index in [-0.39, 0.29) is 18.6 Å². The summed E-state index contributed by atoms with van der Waals surface area (Å²) in [6.45, 7) is 1.03. The molecule has 1 atom stereocenters. The maximum Gasteiger partial charge on any atom is 0.411 e. The van der Waals surface area contributed by atoms with Gasteiger partial charge in [0.25, 0.3) is 0 Å². The average molecular weight is 563 g/mol. The molecule has 10 heteroatoms. The Morgan fingerprint density at radius 1 is 1.00 bits per heavy atom.